The Morgan fingerprint density at radius 1 is 1.59 bits per heavy atom. The second-order valence-electron chi connectivity index (χ2n) is 4.11. The molecule has 1 aliphatic heterocycles. The van der Waals surface area contributed by atoms with Crippen LogP contribution in [0.5, 0.6) is 0 Å². The topological polar surface area (TPSA) is 40.5 Å². The summed E-state index contributed by atoms with van der Waals surface area (Å²) in [6, 6.07) is 5.11. The van der Waals surface area contributed by atoms with E-state index in [4.69, 9.17) is 11.6 Å². The molecule has 3 nitrogen and oxygen atoms in total. The average Bonchev–Trinajstić information content (AvgIpc) is 2.80. The molecule has 0 radical (unpaired) electrons. The summed E-state index contributed by atoms with van der Waals surface area (Å²) in [7, 11) is 0. The van der Waals surface area contributed by atoms with Crippen molar-refractivity contribution in [1.29, 1.82) is 0 Å². The smallest absolute Gasteiger partial charge is 0.254 e. The normalized spacial score (nSPS) is 19.7. The van der Waals surface area contributed by atoms with Gasteiger partial charge in [0.1, 0.15) is 0 Å². The molecule has 1 fully saturated rings. The summed E-state index contributed by atoms with van der Waals surface area (Å²) in [5.41, 5.74) is 0.568. The van der Waals surface area contributed by atoms with Gasteiger partial charge in [0.15, 0.2) is 0 Å². The molecule has 0 spiro atoms. The molecule has 5 heteroatoms. The lowest BCUT2D eigenvalue weighted by molar-refractivity contribution is 0.0677. The number of likely N-dealkylation sites (tertiary alicyclic amines) is 1. The molecule has 0 saturated carbocycles. The Kier molecular flexibility index (Phi) is 4.07. The van der Waals surface area contributed by atoms with Crippen molar-refractivity contribution >= 4 is 33.4 Å². The van der Waals surface area contributed by atoms with Gasteiger partial charge in [0.25, 0.3) is 5.91 Å². The maximum Gasteiger partial charge on any atom is 0.254 e. The minimum Gasteiger partial charge on any atom is -0.394 e. The first kappa shape index (κ1) is 12.9. The predicted molar refractivity (Wildman–Crippen MR) is 70.3 cm³/mol. The Balaban J connectivity index is 2.21. The van der Waals surface area contributed by atoms with E-state index < -0.39 is 0 Å². The van der Waals surface area contributed by atoms with Gasteiger partial charge < -0.3 is 10.0 Å². The molecule has 1 atom stereocenters. The number of aliphatic hydroxyl groups excluding tert-OH is 1. The number of carbonyl (C=O) groups excluding carboxylic acids is 1. The van der Waals surface area contributed by atoms with Crippen molar-refractivity contribution in [3.05, 3.63) is 33.3 Å². The molecule has 0 aliphatic carbocycles. The minimum absolute atomic E-state index is 0.0238. The third kappa shape index (κ3) is 2.64. The molecule has 2 rings (SSSR count). The van der Waals surface area contributed by atoms with E-state index in [1.165, 1.54) is 0 Å². The zero-order valence-corrected chi connectivity index (χ0v) is 11.5. The number of hydrogen-bond acceptors (Lipinski definition) is 2. The minimum atomic E-state index is -0.0593. The predicted octanol–water partition coefficient (Wildman–Crippen LogP) is 2.70. The lowest BCUT2D eigenvalue weighted by Crippen LogP contribution is -2.37. The third-order valence-electron chi connectivity index (χ3n) is 3.02. The van der Waals surface area contributed by atoms with Crippen LogP contribution in [0.3, 0.4) is 0 Å². The molecule has 1 heterocycles. The number of benzene rings is 1. The van der Waals surface area contributed by atoms with E-state index >= 15 is 0 Å². The Hall–Kier alpha value is -0.580. The van der Waals surface area contributed by atoms with Crippen molar-refractivity contribution < 1.29 is 9.90 Å². The molecule has 0 bridgehead atoms. The van der Waals surface area contributed by atoms with Crippen LogP contribution >= 0.6 is 27.5 Å². The van der Waals surface area contributed by atoms with Gasteiger partial charge in [-0.15, -0.1) is 0 Å². The van der Waals surface area contributed by atoms with E-state index in [-0.39, 0.29) is 18.6 Å². The van der Waals surface area contributed by atoms with Gasteiger partial charge in [-0.1, -0.05) is 11.6 Å². The van der Waals surface area contributed by atoms with Crippen molar-refractivity contribution in [2.24, 2.45) is 0 Å². The van der Waals surface area contributed by atoms with Gasteiger partial charge in [0.05, 0.1) is 17.7 Å². The molecule has 17 heavy (non-hydrogen) atoms. The van der Waals surface area contributed by atoms with Gasteiger partial charge in [-0.25, -0.2) is 0 Å². The number of hydrogen-bond donors (Lipinski definition) is 1. The van der Waals surface area contributed by atoms with Crippen LogP contribution in [0, 0.1) is 0 Å². The summed E-state index contributed by atoms with van der Waals surface area (Å²) in [5.74, 6) is -0.0593. The molecule has 1 aromatic carbocycles. The highest BCUT2D eigenvalue weighted by Gasteiger charge is 2.28. The zero-order valence-electron chi connectivity index (χ0n) is 9.20. The van der Waals surface area contributed by atoms with Gasteiger partial charge in [-0.2, -0.15) is 0 Å². The van der Waals surface area contributed by atoms with Crippen molar-refractivity contribution in [3.63, 3.8) is 0 Å². The molecule has 0 unspecified atom stereocenters. The molecular weight excluding hydrogens is 305 g/mol. The maximum absolute atomic E-state index is 12.2. The summed E-state index contributed by atoms with van der Waals surface area (Å²) in [6.07, 6.45) is 1.81. The Bertz CT molecular complexity index is 439. The van der Waals surface area contributed by atoms with Crippen LogP contribution in [0.25, 0.3) is 0 Å². The summed E-state index contributed by atoms with van der Waals surface area (Å²) in [6.45, 7) is 0.730. The monoisotopic (exact) mass is 317 g/mol. The highest BCUT2D eigenvalue weighted by molar-refractivity contribution is 9.10. The molecule has 1 aromatic rings. The molecule has 1 amide bonds. The van der Waals surface area contributed by atoms with E-state index in [0.717, 1.165) is 17.3 Å². The molecule has 1 aliphatic rings. The van der Waals surface area contributed by atoms with E-state index in [2.05, 4.69) is 15.9 Å². The van der Waals surface area contributed by atoms with Gasteiger partial charge in [0.2, 0.25) is 0 Å². The van der Waals surface area contributed by atoms with Crippen molar-refractivity contribution in [2.45, 2.75) is 18.9 Å². The fourth-order valence-corrected chi connectivity index (χ4v) is 2.52. The summed E-state index contributed by atoms with van der Waals surface area (Å²) < 4.78 is 0.774. The fraction of sp³-hybridized carbons (Fsp3) is 0.417. The Morgan fingerprint density at radius 3 is 3.00 bits per heavy atom. The highest BCUT2D eigenvalue weighted by atomic mass is 79.9. The lowest BCUT2D eigenvalue weighted by Gasteiger charge is -2.23. The van der Waals surface area contributed by atoms with Crippen LogP contribution in [0.1, 0.15) is 23.2 Å². The van der Waals surface area contributed by atoms with E-state index in [0.29, 0.717) is 17.1 Å². The molecule has 1 saturated heterocycles. The zero-order chi connectivity index (χ0) is 12.4. The van der Waals surface area contributed by atoms with Crippen LogP contribution in [-0.2, 0) is 0 Å². The van der Waals surface area contributed by atoms with Gasteiger partial charge in [0, 0.05) is 16.6 Å². The van der Waals surface area contributed by atoms with Gasteiger partial charge >= 0.3 is 0 Å². The molecule has 0 aromatic heterocycles. The number of halogens is 2. The Labute approximate surface area is 114 Å². The van der Waals surface area contributed by atoms with E-state index in [1.807, 2.05) is 0 Å². The van der Waals surface area contributed by atoms with Crippen LogP contribution < -0.4 is 0 Å². The van der Waals surface area contributed by atoms with Crippen LogP contribution in [-0.4, -0.2) is 35.1 Å². The second-order valence-corrected chi connectivity index (χ2v) is 5.37. The van der Waals surface area contributed by atoms with E-state index in [9.17, 15) is 9.90 Å². The van der Waals surface area contributed by atoms with Crippen LogP contribution in [0.15, 0.2) is 22.7 Å². The molecule has 92 valence electrons. The number of nitrogens with zero attached hydrogens (tertiary/aromatic N) is 1. The van der Waals surface area contributed by atoms with Crippen LogP contribution in [0.2, 0.25) is 5.02 Å². The first-order valence-corrected chi connectivity index (χ1v) is 6.67. The standard InChI is InChI=1S/C12H13BrClNO2/c13-10-4-3-8(6-11(10)14)12(17)15-5-1-2-9(15)7-16/h3-4,6,9,16H,1-2,5,7H2/t9-/m1/s1. The Morgan fingerprint density at radius 2 is 2.35 bits per heavy atom. The average molecular weight is 319 g/mol. The fourth-order valence-electron chi connectivity index (χ4n) is 2.09. The first-order valence-electron chi connectivity index (χ1n) is 5.50. The number of amides is 1. The lowest BCUT2D eigenvalue weighted by atomic mass is 10.2. The SMILES string of the molecule is O=C(c1ccc(Br)c(Cl)c1)N1CCC[C@@H]1CO. The molecular formula is C12H13BrClNO2. The largest absolute Gasteiger partial charge is 0.394 e. The number of rotatable bonds is 2. The first-order chi connectivity index (χ1) is 8.13. The van der Waals surface area contributed by atoms with Crippen molar-refractivity contribution in [2.75, 3.05) is 13.2 Å². The van der Waals surface area contributed by atoms with Crippen molar-refractivity contribution in [1.82, 2.24) is 4.90 Å². The summed E-state index contributed by atoms with van der Waals surface area (Å²) >= 11 is 9.26. The quantitative estimate of drug-likeness (QED) is 0.911. The third-order valence-corrected chi connectivity index (χ3v) is 4.25. The van der Waals surface area contributed by atoms with Crippen molar-refractivity contribution in [3.8, 4) is 0 Å². The maximum atomic E-state index is 12.2. The summed E-state index contributed by atoms with van der Waals surface area (Å²) in [4.78, 5) is 13.9. The molecule has 1 N–H and O–H groups in total. The van der Waals surface area contributed by atoms with E-state index in [1.54, 1.807) is 23.1 Å². The highest BCUT2D eigenvalue weighted by Crippen LogP contribution is 2.25. The van der Waals surface area contributed by atoms with Gasteiger partial charge in [-0.05, 0) is 47.0 Å². The number of aliphatic hydroxyl groups is 1. The summed E-state index contributed by atoms with van der Waals surface area (Å²) in [5, 5.41) is 9.73. The second kappa shape index (κ2) is 5.38. The van der Waals surface area contributed by atoms with Crippen LogP contribution in [0.4, 0.5) is 0 Å². The number of carbonyl (C=O) groups is 1. The van der Waals surface area contributed by atoms with Gasteiger partial charge in [-0.3, -0.25) is 4.79 Å².